The first-order valence-electron chi connectivity index (χ1n) is 5.40. The Hall–Kier alpha value is -1.81. The summed E-state index contributed by atoms with van der Waals surface area (Å²) < 4.78 is 0. The summed E-state index contributed by atoms with van der Waals surface area (Å²) in [5.41, 5.74) is 9.54. The Morgan fingerprint density at radius 1 is 1.38 bits per heavy atom. The van der Waals surface area contributed by atoms with E-state index in [1.165, 1.54) is 0 Å². The summed E-state index contributed by atoms with van der Waals surface area (Å²) in [5.74, 6) is 0. The van der Waals surface area contributed by atoms with Crippen LogP contribution in [0, 0.1) is 0 Å². The van der Waals surface area contributed by atoms with Gasteiger partial charge in [0.15, 0.2) is 0 Å². The average Bonchev–Trinajstić information content (AvgIpc) is 2.75. The summed E-state index contributed by atoms with van der Waals surface area (Å²) in [6.07, 6.45) is 0. The molecule has 0 aliphatic carbocycles. The molecule has 1 aromatic heterocycles. The molecule has 16 heavy (non-hydrogen) atoms. The number of hydrogen-bond donors (Lipinski definition) is 3. The molecule has 0 aliphatic rings. The van der Waals surface area contributed by atoms with Gasteiger partial charge < -0.3 is 11.1 Å². The van der Waals surface area contributed by atoms with Crippen LogP contribution in [0.3, 0.4) is 0 Å². The molecule has 0 saturated carbocycles. The van der Waals surface area contributed by atoms with Crippen LogP contribution < -0.4 is 11.1 Å². The van der Waals surface area contributed by atoms with Crippen LogP contribution >= 0.6 is 0 Å². The molecule has 2 aromatic rings. The molecule has 1 heterocycles. The maximum atomic E-state index is 5.73. The second kappa shape index (κ2) is 4.81. The quantitative estimate of drug-likeness (QED) is 0.682. The number of anilines is 1. The molecule has 84 valence electrons. The SMILES string of the molecule is CCNCc1cc(-c2cccc(N)c2)n[nH]1. The van der Waals surface area contributed by atoms with Crippen molar-refractivity contribution in [2.45, 2.75) is 13.5 Å². The minimum atomic E-state index is 0.758. The van der Waals surface area contributed by atoms with Crippen LogP contribution in [0.25, 0.3) is 11.3 Å². The zero-order chi connectivity index (χ0) is 11.4. The summed E-state index contributed by atoms with van der Waals surface area (Å²) in [6, 6.07) is 9.77. The molecule has 4 nitrogen and oxygen atoms in total. The van der Waals surface area contributed by atoms with E-state index < -0.39 is 0 Å². The molecule has 4 N–H and O–H groups in total. The van der Waals surface area contributed by atoms with Gasteiger partial charge in [0, 0.05) is 23.5 Å². The summed E-state index contributed by atoms with van der Waals surface area (Å²) in [5, 5.41) is 10.5. The highest BCUT2D eigenvalue weighted by Crippen LogP contribution is 2.19. The number of hydrogen-bond acceptors (Lipinski definition) is 3. The van der Waals surface area contributed by atoms with E-state index in [1.807, 2.05) is 30.3 Å². The number of aromatic nitrogens is 2. The number of aromatic amines is 1. The fourth-order valence-corrected chi connectivity index (χ4v) is 1.56. The fraction of sp³-hybridized carbons (Fsp3) is 0.250. The molecule has 0 fully saturated rings. The molecular weight excluding hydrogens is 200 g/mol. The van der Waals surface area contributed by atoms with Crippen LogP contribution in [0.5, 0.6) is 0 Å². The molecule has 0 aliphatic heterocycles. The third-order valence-corrected chi connectivity index (χ3v) is 2.38. The number of nitrogens with two attached hydrogens (primary N) is 1. The van der Waals surface area contributed by atoms with Gasteiger partial charge in [0.1, 0.15) is 0 Å². The molecule has 0 atom stereocenters. The molecular formula is C12H16N4. The molecule has 0 saturated heterocycles. The van der Waals surface area contributed by atoms with Crippen LogP contribution in [-0.4, -0.2) is 16.7 Å². The number of nitrogen functional groups attached to an aromatic ring is 1. The van der Waals surface area contributed by atoms with Gasteiger partial charge in [0.05, 0.1) is 5.69 Å². The number of nitrogens with zero attached hydrogens (tertiary/aromatic N) is 1. The van der Waals surface area contributed by atoms with Crippen molar-refractivity contribution in [2.24, 2.45) is 0 Å². The Bertz CT molecular complexity index is 462. The van der Waals surface area contributed by atoms with Gasteiger partial charge in [0.25, 0.3) is 0 Å². The number of rotatable bonds is 4. The predicted octanol–water partition coefficient (Wildman–Crippen LogP) is 1.77. The fourth-order valence-electron chi connectivity index (χ4n) is 1.56. The highest BCUT2D eigenvalue weighted by Gasteiger charge is 2.03. The molecule has 0 spiro atoms. The highest BCUT2D eigenvalue weighted by atomic mass is 15.1. The van der Waals surface area contributed by atoms with Crippen LogP contribution in [0.2, 0.25) is 0 Å². The van der Waals surface area contributed by atoms with E-state index in [0.29, 0.717) is 0 Å². The van der Waals surface area contributed by atoms with Gasteiger partial charge in [-0.2, -0.15) is 5.10 Å². The zero-order valence-corrected chi connectivity index (χ0v) is 9.33. The second-order valence-corrected chi connectivity index (χ2v) is 3.68. The molecule has 2 rings (SSSR count). The summed E-state index contributed by atoms with van der Waals surface area (Å²) >= 11 is 0. The Kier molecular flexibility index (Phi) is 3.22. The molecule has 0 unspecified atom stereocenters. The third-order valence-electron chi connectivity index (χ3n) is 2.38. The van der Waals surface area contributed by atoms with Gasteiger partial charge in [-0.1, -0.05) is 19.1 Å². The maximum Gasteiger partial charge on any atom is 0.0924 e. The van der Waals surface area contributed by atoms with Crippen LogP contribution in [0.15, 0.2) is 30.3 Å². The van der Waals surface area contributed by atoms with Crippen LogP contribution in [-0.2, 0) is 6.54 Å². The normalized spacial score (nSPS) is 10.6. The van der Waals surface area contributed by atoms with E-state index >= 15 is 0 Å². The van der Waals surface area contributed by atoms with E-state index in [9.17, 15) is 0 Å². The Morgan fingerprint density at radius 2 is 2.25 bits per heavy atom. The molecule has 0 radical (unpaired) electrons. The largest absolute Gasteiger partial charge is 0.399 e. The zero-order valence-electron chi connectivity index (χ0n) is 9.33. The van der Waals surface area contributed by atoms with Crippen LogP contribution in [0.1, 0.15) is 12.6 Å². The Morgan fingerprint density at radius 3 is 3.00 bits per heavy atom. The molecule has 0 bridgehead atoms. The van der Waals surface area contributed by atoms with Crippen molar-refractivity contribution in [1.82, 2.24) is 15.5 Å². The van der Waals surface area contributed by atoms with Gasteiger partial charge >= 0.3 is 0 Å². The van der Waals surface area contributed by atoms with Gasteiger partial charge in [-0.3, -0.25) is 5.10 Å². The van der Waals surface area contributed by atoms with E-state index in [0.717, 1.165) is 35.7 Å². The van der Waals surface area contributed by atoms with Crippen LogP contribution in [0.4, 0.5) is 5.69 Å². The van der Waals surface area contributed by atoms with E-state index in [4.69, 9.17) is 5.73 Å². The number of benzene rings is 1. The lowest BCUT2D eigenvalue weighted by molar-refractivity contribution is 0.707. The highest BCUT2D eigenvalue weighted by molar-refractivity contribution is 5.63. The van der Waals surface area contributed by atoms with Gasteiger partial charge in [-0.15, -0.1) is 0 Å². The van der Waals surface area contributed by atoms with Crippen molar-refractivity contribution >= 4 is 5.69 Å². The number of nitrogens with one attached hydrogen (secondary N) is 2. The molecule has 1 aromatic carbocycles. The van der Waals surface area contributed by atoms with E-state index in [2.05, 4.69) is 22.4 Å². The maximum absolute atomic E-state index is 5.73. The minimum absolute atomic E-state index is 0.758. The van der Waals surface area contributed by atoms with Gasteiger partial charge in [-0.05, 0) is 24.7 Å². The lowest BCUT2D eigenvalue weighted by Gasteiger charge is -1.97. The van der Waals surface area contributed by atoms with E-state index in [1.54, 1.807) is 0 Å². The minimum Gasteiger partial charge on any atom is -0.399 e. The average molecular weight is 216 g/mol. The summed E-state index contributed by atoms with van der Waals surface area (Å²) in [7, 11) is 0. The number of H-pyrrole nitrogens is 1. The van der Waals surface area contributed by atoms with Crippen molar-refractivity contribution in [2.75, 3.05) is 12.3 Å². The lowest BCUT2D eigenvalue weighted by Crippen LogP contribution is -2.11. The predicted molar refractivity (Wildman–Crippen MR) is 65.8 cm³/mol. The van der Waals surface area contributed by atoms with Crippen molar-refractivity contribution < 1.29 is 0 Å². The first kappa shape index (κ1) is 10.7. The first-order valence-corrected chi connectivity index (χ1v) is 5.40. The monoisotopic (exact) mass is 216 g/mol. The Balaban J connectivity index is 2.18. The lowest BCUT2D eigenvalue weighted by atomic mass is 10.1. The van der Waals surface area contributed by atoms with Gasteiger partial charge in [-0.25, -0.2) is 0 Å². The molecule has 0 amide bonds. The van der Waals surface area contributed by atoms with E-state index in [-0.39, 0.29) is 0 Å². The van der Waals surface area contributed by atoms with Crippen molar-refractivity contribution in [1.29, 1.82) is 0 Å². The molecule has 4 heteroatoms. The van der Waals surface area contributed by atoms with Crippen molar-refractivity contribution in [3.63, 3.8) is 0 Å². The van der Waals surface area contributed by atoms with Crippen molar-refractivity contribution in [3.8, 4) is 11.3 Å². The summed E-state index contributed by atoms with van der Waals surface area (Å²) in [6.45, 7) is 3.84. The topological polar surface area (TPSA) is 66.7 Å². The van der Waals surface area contributed by atoms with Crippen molar-refractivity contribution in [3.05, 3.63) is 36.0 Å². The third kappa shape index (κ3) is 2.41. The standard InChI is InChI=1S/C12H16N4/c1-2-14-8-11-7-12(16-15-11)9-4-3-5-10(13)6-9/h3-7,14H,2,8,13H2,1H3,(H,15,16). The summed E-state index contributed by atoms with van der Waals surface area (Å²) in [4.78, 5) is 0. The first-order chi connectivity index (χ1) is 7.79. The Labute approximate surface area is 94.9 Å². The van der Waals surface area contributed by atoms with Gasteiger partial charge in [0.2, 0.25) is 0 Å². The smallest absolute Gasteiger partial charge is 0.0924 e. The second-order valence-electron chi connectivity index (χ2n) is 3.68.